The van der Waals surface area contributed by atoms with Gasteiger partial charge in [0.15, 0.2) is 5.82 Å². The van der Waals surface area contributed by atoms with E-state index in [2.05, 4.69) is 22.3 Å². The third kappa shape index (κ3) is 2.43. The van der Waals surface area contributed by atoms with Gasteiger partial charge >= 0.3 is 0 Å². The highest BCUT2D eigenvalue weighted by atomic mass is 16.5. The van der Waals surface area contributed by atoms with Gasteiger partial charge in [-0.15, -0.1) is 0 Å². The first kappa shape index (κ1) is 12.8. The van der Waals surface area contributed by atoms with Crippen LogP contribution in [0.15, 0.2) is 34.9 Å². The van der Waals surface area contributed by atoms with E-state index >= 15 is 0 Å². The standard InChI is InChI=1S/C14H19N3O/c1-4-14(3,15)13-16-12(18-17-13)10(2)11-8-6-5-7-9-11/h5-10H,4,15H2,1-3H3. The van der Waals surface area contributed by atoms with E-state index in [4.69, 9.17) is 10.3 Å². The summed E-state index contributed by atoms with van der Waals surface area (Å²) in [7, 11) is 0. The Morgan fingerprint density at radius 1 is 1.33 bits per heavy atom. The van der Waals surface area contributed by atoms with Crippen molar-refractivity contribution in [1.29, 1.82) is 0 Å². The molecule has 0 saturated heterocycles. The molecule has 0 radical (unpaired) electrons. The number of hydrogen-bond acceptors (Lipinski definition) is 4. The molecule has 0 aliphatic carbocycles. The number of benzene rings is 1. The van der Waals surface area contributed by atoms with Crippen molar-refractivity contribution in [3.05, 3.63) is 47.6 Å². The van der Waals surface area contributed by atoms with Crippen molar-refractivity contribution < 1.29 is 4.52 Å². The fraction of sp³-hybridized carbons (Fsp3) is 0.429. The van der Waals surface area contributed by atoms with Crippen molar-refractivity contribution in [2.24, 2.45) is 5.73 Å². The van der Waals surface area contributed by atoms with Crippen LogP contribution in [-0.2, 0) is 5.54 Å². The van der Waals surface area contributed by atoms with Gasteiger partial charge < -0.3 is 10.3 Å². The van der Waals surface area contributed by atoms with Crippen LogP contribution in [0.25, 0.3) is 0 Å². The van der Waals surface area contributed by atoms with Crippen molar-refractivity contribution in [3.63, 3.8) is 0 Å². The van der Waals surface area contributed by atoms with Gasteiger partial charge in [0.05, 0.1) is 11.5 Å². The maximum absolute atomic E-state index is 6.10. The SMILES string of the molecule is CCC(C)(N)c1noc(C(C)c2ccccc2)n1. The van der Waals surface area contributed by atoms with Crippen LogP contribution < -0.4 is 5.73 Å². The molecule has 2 rings (SSSR count). The second-order valence-electron chi connectivity index (χ2n) is 4.86. The van der Waals surface area contributed by atoms with Crippen LogP contribution >= 0.6 is 0 Å². The van der Waals surface area contributed by atoms with E-state index in [1.165, 1.54) is 0 Å². The topological polar surface area (TPSA) is 64.9 Å². The summed E-state index contributed by atoms with van der Waals surface area (Å²) < 4.78 is 5.33. The number of aromatic nitrogens is 2. The number of rotatable bonds is 4. The molecule has 0 saturated carbocycles. The highest BCUT2D eigenvalue weighted by Gasteiger charge is 2.26. The van der Waals surface area contributed by atoms with Gasteiger partial charge in [-0.1, -0.05) is 42.4 Å². The van der Waals surface area contributed by atoms with Crippen LogP contribution in [0.1, 0.15) is 50.4 Å². The number of nitrogens with two attached hydrogens (primary N) is 1. The first-order valence-corrected chi connectivity index (χ1v) is 6.22. The third-order valence-electron chi connectivity index (χ3n) is 3.36. The lowest BCUT2D eigenvalue weighted by Crippen LogP contribution is -2.33. The predicted octanol–water partition coefficient (Wildman–Crippen LogP) is 2.81. The molecule has 0 aliphatic rings. The van der Waals surface area contributed by atoms with Crippen molar-refractivity contribution >= 4 is 0 Å². The monoisotopic (exact) mass is 245 g/mol. The Morgan fingerprint density at radius 3 is 2.61 bits per heavy atom. The van der Waals surface area contributed by atoms with E-state index < -0.39 is 5.54 Å². The smallest absolute Gasteiger partial charge is 0.233 e. The first-order chi connectivity index (χ1) is 8.54. The molecule has 0 fully saturated rings. The molecule has 1 aromatic carbocycles. The summed E-state index contributed by atoms with van der Waals surface area (Å²) in [6.45, 7) is 5.97. The lowest BCUT2D eigenvalue weighted by Gasteiger charge is -2.16. The Hall–Kier alpha value is -1.68. The molecule has 0 aliphatic heterocycles. The Morgan fingerprint density at radius 2 is 2.00 bits per heavy atom. The minimum absolute atomic E-state index is 0.0834. The Balaban J connectivity index is 2.26. The molecule has 18 heavy (non-hydrogen) atoms. The maximum Gasteiger partial charge on any atom is 0.233 e. The lowest BCUT2D eigenvalue weighted by molar-refractivity contribution is 0.347. The van der Waals surface area contributed by atoms with Gasteiger partial charge in [-0.3, -0.25) is 0 Å². The van der Waals surface area contributed by atoms with Crippen molar-refractivity contribution in [2.45, 2.75) is 38.6 Å². The normalized spacial score (nSPS) is 16.2. The van der Waals surface area contributed by atoms with Crippen LogP contribution in [0.5, 0.6) is 0 Å². The summed E-state index contributed by atoms with van der Waals surface area (Å²) in [5.74, 6) is 1.27. The fourth-order valence-corrected chi connectivity index (χ4v) is 1.69. The zero-order valence-electron chi connectivity index (χ0n) is 11.1. The van der Waals surface area contributed by atoms with Crippen molar-refractivity contribution in [2.75, 3.05) is 0 Å². The van der Waals surface area contributed by atoms with Gasteiger partial charge in [0, 0.05) is 0 Å². The van der Waals surface area contributed by atoms with E-state index in [1.807, 2.05) is 39.0 Å². The zero-order chi connectivity index (χ0) is 13.2. The predicted molar refractivity (Wildman–Crippen MR) is 70.1 cm³/mol. The van der Waals surface area contributed by atoms with Crippen molar-refractivity contribution in [3.8, 4) is 0 Å². The van der Waals surface area contributed by atoms with Crippen LogP contribution in [0, 0.1) is 0 Å². The largest absolute Gasteiger partial charge is 0.339 e. The van der Waals surface area contributed by atoms with Crippen LogP contribution in [0.2, 0.25) is 0 Å². The van der Waals surface area contributed by atoms with Gasteiger partial charge in [0.1, 0.15) is 0 Å². The second-order valence-corrected chi connectivity index (χ2v) is 4.86. The van der Waals surface area contributed by atoms with Crippen LogP contribution in [-0.4, -0.2) is 10.1 Å². The highest BCUT2D eigenvalue weighted by Crippen LogP contribution is 2.25. The van der Waals surface area contributed by atoms with Crippen LogP contribution in [0.3, 0.4) is 0 Å². The molecule has 1 aromatic heterocycles. The first-order valence-electron chi connectivity index (χ1n) is 6.22. The Bertz CT molecular complexity index is 505. The summed E-state index contributed by atoms with van der Waals surface area (Å²) in [4.78, 5) is 4.43. The second kappa shape index (κ2) is 4.90. The zero-order valence-corrected chi connectivity index (χ0v) is 11.1. The molecule has 1 heterocycles. The average Bonchev–Trinajstić information content (AvgIpc) is 2.89. The number of nitrogens with zero attached hydrogens (tertiary/aromatic N) is 2. The molecule has 2 N–H and O–H groups in total. The highest BCUT2D eigenvalue weighted by molar-refractivity contribution is 5.23. The molecule has 96 valence electrons. The molecule has 2 atom stereocenters. The molecular weight excluding hydrogens is 226 g/mol. The quantitative estimate of drug-likeness (QED) is 0.899. The maximum atomic E-state index is 6.10. The molecule has 4 heteroatoms. The minimum atomic E-state index is -0.530. The third-order valence-corrected chi connectivity index (χ3v) is 3.36. The van der Waals surface area contributed by atoms with Gasteiger partial charge in [-0.2, -0.15) is 4.98 Å². The summed E-state index contributed by atoms with van der Waals surface area (Å²) >= 11 is 0. The lowest BCUT2D eigenvalue weighted by atomic mass is 9.99. The van der Waals surface area contributed by atoms with E-state index in [1.54, 1.807) is 0 Å². The van der Waals surface area contributed by atoms with Crippen LogP contribution in [0.4, 0.5) is 0 Å². The van der Waals surface area contributed by atoms with Gasteiger partial charge in [0.2, 0.25) is 5.89 Å². The molecule has 2 unspecified atom stereocenters. The number of hydrogen-bond donors (Lipinski definition) is 1. The van der Waals surface area contributed by atoms with E-state index in [9.17, 15) is 0 Å². The fourth-order valence-electron chi connectivity index (χ4n) is 1.69. The summed E-state index contributed by atoms with van der Waals surface area (Å²) in [5.41, 5.74) is 6.73. The van der Waals surface area contributed by atoms with Gasteiger partial charge in [-0.05, 0) is 25.8 Å². The molecule has 2 aromatic rings. The summed E-state index contributed by atoms with van der Waals surface area (Å²) in [5, 5.41) is 3.99. The molecule has 0 bridgehead atoms. The molecule has 0 amide bonds. The Labute approximate surface area is 107 Å². The summed E-state index contributed by atoms with van der Waals surface area (Å²) in [6.07, 6.45) is 0.770. The summed E-state index contributed by atoms with van der Waals surface area (Å²) in [6, 6.07) is 10.1. The Kier molecular flexibility index (Phi) is 3.48. The van der Waals surface area contributed by atoms with E-state index in [-0.39, 0.29) is 5.92 Å². The minimum Gasteiger partial charge on any atom is -0.339 e. The van der Waals surface area contributed by atoms with E-state index in [0.717, 1.165) is 12.0 Å². The van der Waals surface area contributed by atoms with Crippen molar-refractivity contribution in [1.82, 2.24) is 10.1 Å². The van der Waals surface area contributed by atoms with Gasteiger partial charge in [-0.25, -0.2) is 0 Å². The van der Waals surface area contributed by atoms with E-state index in [0.29, 0.717) is 11.7 Å². The average molecular weight is 245 g/mol. The molecular formula is C14H19N3O. The molecule has 4 nitrogen and oxygen atoms in total. The molecule has 0 spiro atoms. The van der Waals surface area contributed by atoms with Gasteiger partial charge in [0.25, 0.3) is 0 Å².